The molecule has 0 amide bonds. The Balaban J connectivity index is 1.89. The molecule has 0 aliphatic rings. The van der Waals surface area contributed by atoms with Crippen LogP contribution in [0.25, 0.3) is 0 Å². The average Bonchev–Trinajstić information content (AvgIpc) is 2.73. The van der Waals surface area contributed by atoms with Gasteiger partial charge >= 0.3 is 0 Å². The van der Waals surface area contributed by atoms with Crippen molar-refractivity contribution in [1.29, 1.82) is 0 Å². The number of aromatic nitrogens is 3. The summed E-state index contributed by atoms with van der Waals surface area (Å²) in [6.07, 6.45) is 2.02. The van der Waals surface area contributed by atoms with Crippen LogP contribution in [0.5, 0.6) is 0 Å². The van der Waals surface area contributed by atoms with E-state index in [0.717, 1.165) is 11.4 Å². The molecule has 0 fully saturated rings. The Morgan fingerprint density at radius 3 is 2.71 bits per heavy atom. The molecule has 21 heavy (non-hydrogen) atoms. The van der Waals surface area contributed by atoms with Crippen LogP contribution in [0.3, 0.4) is 0 Å². The second-order valence-electron chi connectivity index (χ2n) is 4.72. The third kappa shape index (κ3) is 4.26. The molecule has 0 bridgehead atoms. The number of pyridine rings is 1. The van der Waals surface area contributed by atoms with Gasteiger partial charge in [0.1, 0.15) is 5.15 Å². The topological polar surface area (TPSA) is 76.9 Å². The summed E-state index contributed by atoms with van der Waals surface area (Å²) in [5, 5.41) is 4.48. The lowest BCUT2D eigenvalue weighted by molar-refractivity contribution is 0.544. The first-order valence-corrected chi connectivity index (χ1v) is 8.37. The smallest absolute Gasteiger partial charge is 0.240 e. The van der Waals surface area contributed by atoms with Crippen LogP contribution >= 0.6 is 11.6 Å². The molecule has 0 aliphatic heterocycles. The van der Waals surface area contributed by atoms with Gasteiger partial charge in [0.15, 0.2) is 0 Å². The van der Waals surface area contributed by atoms with E-state index in [1.54, 1.807) is 0 Å². The number of halogens is 1. The molecule has 0 saturated carbocycles. The van der Waals surface area contributed by atoms with Gasteiger partial charge in [-0.1, -0.05) is 11.6 Å². The molecule has 2 aromatic heterocycles. The minimum atomic E-state index is -3.55. The molecule has 6 nitrogen and oxygen atoms in total. The van der Waals surface area contributed by atoms with Gasteiger partial charge in [-0.25, -0.2) is 18.1 Å². The summed E-state index contributed by atoms with van der Waals surface area (Å²) in [5.41, 5.74) is 2.02. The van der Waals surface area contributed by atoms with Crippen molar-refractivity contribution in [3.63, 3.8) is 0 Å². The van der Waals surface area contributed by atoms with Gasteiger partial charge in [0.05, 0.1) is 10.6 Å². The lowest BCUT2D eigenvalue weighted by Gasteiger charge is -2.08. The Kier molecular flexibility index (Phi) is 4.97. The predicted octanol–water partition coefficient (Wildman–Crippen LogP) is 1.92. The highest BCUT2D eigenvalue weighted by atomic mass is 35.5. The number of aryl methyl sites for hydroxylation is 3. The minimum absolute atomic E-state index is 0.119. The van der Waals surface area contributed by atoms with Crippen LogP contribution < -0.4 is 4.72 Å². The number of hydrogen-bond acceptors (Lipinski definition) is 4. The monoisotopic (exact) mass is 328 g/mol. The zero-order valence-electron chi connectivity index (χ0n) is 11.9. The molecule has 1 N–H and O–H groups in total. The van der Waals surface area contributed by atoms with Gasteiger partial charge < -0.3 is 0 Å². The number of rotatable bonds is 6. The summed E-state index contributed by atoms with van der Waals surface area (Å²) in [5.74, 6) is 0. The van der Waals surface area contributed by atoms with Gasteiger partial charge in [-0.3, -0.25) is 4.68 Å². The average molecular weight is 329 g/mol. The molecular weight excluding hydrogens is 312 g/mol. The maximum Gasteiger partial charge on any atom is 0.240 e. The van der Waals surface area contributed by atoms with E-state index in [1.165, 1.54) is 18.3 Å². The molecule has 0 spiro atoms. The molecule has 114 valence electrons. The van der Waals surface area contributed by atoms with Crippen molar-refractivity contribution >= 4 is 21.6 Å². The predicted molar refractivity (Wildman–Crippen MR) is 80.8 cm³/mol. The maximum atomic E-state index is 12.0. The largest absolute Gasteiger partial charge is 0.270 e. The first kappa shape index (κ1) is 15.9. The van der Waals surface area contributed by atoms with Crippen molar-refractivity contribution in [2.24, 2.45) is 0 Å². The van der Waals surface area contributed by atoms with E-state index >= 15 is 0 Å². The van der Waals surface area contributed by atoms with Crippen LogP contribution in [-0.4, -0.2) is 29.7 Å². The number of nitrogens with zero attached hydrogens (tertiary/aromatic N) is 3. The number of hydrogen-bond donors (Lipinski definition) is 1. The molecule has 0 aromatic carbocycles. The molecule has 0 radical (unpaired) electrons. The summed E-state index contributed by atoms with van der Waals surface area (Å²) >= 11 is 5.70. The van der Waals surface area contributed by atoms with Crippen molar-refractivity contribution in [2.75, 3.05) is 6.54 Å². The van der Waals surface area contributed by atoms with Crippen LogP contribution in [-0.2, 0) is 16.6 Å². The van der Waals surface area contributed by atoms with Gasteiger partial charge in [-0.05, 0) is 38.5 Å². The quantitative estimate of drug-likeness (QED) is 0.649. The zero-order valence-corrected chi connectivity index (χ0v) is 13.4. The third-order valence-electron chi connectivity index (χ3n) is 2.95. The van der Waals surface area contributed by atoms with Crippen LogP contribution in [0.2, 0.25) is 5.15 Å². The number of sulfonamides is 1. The fourth-order valence-electron chi connectivity index (χ4n) is 1.97. The van der Waals surface area contributed by atoms with E-state index < -0.39 is 10.0 Å². The van der Waals surface area contributed by atoms with Crippen molar-refractivity contribution in [3.05, 3.63) is 40.9 Å². The Morgan fingerprint density at radius 2 is 2.10 bits per heavy atom. The molecule has 2 rings (SSSR count). The normalized spacial score (nSPS) is 11.8. The van der Waals surface area contributed by atoms with Gasteiger partial charge in [0, 0.05) is 25.0 Å². The zero-order chi connectivity index (χ0) is 15.5. The lowest BCUT2D eigenvalue weighted by atomic mass is 10.4. The van der Waals surface area contributed by atoms with Crippen LogP contribution in [0.4, 0.5) is 0 Å². The summed E-state index contributed by atoms with van der Waals surface area (Å²) in [6.45, 7) is 4.91. The van der Waals surface area contributed by atoms with Crippen LogP contribution in [0, 0.1) is 13.8 Å². The summed E-state index contributed by atoms with van der Waals surface area (Å²) in [6, 6.07) is 4.73. The molecule has 2 heterocycles. The summed E-state index contributed by atoms with van der Waals surface area (Å²) < 4.78 is 28.5. The fourth-order valence-corrected chi connectivity index (χ4v) is 3.30. The Bertz CT molecular complexity index is 728. The Labute approximate surface area is 129 Å². The SMILES string of the molecule is Cc1cc(C)n(CCCNS(=O)(=O)c2ccnc(Cl)c2)n1. The van der Waals surface area contributed by atoms with Gasteiger partial charge in [-0.2, -0.15) is 5.10 Å². The van der Waals surface area contributed by atoms with Gasteiger partial charge in [-0.15, -0.1) is 0 Å². The number of nitrogens with one attached hydrogen (secondary N) is 1. The highest BCUT2D eigenvalue weighted by molar-refractivity contribution is 7.89. The maximum absolute atomic E-state index is 12.0. The fraction of sp³-hybridized carbons (Fsp3) is 0.385. The van der Waals surface area contributed by atoms with E-state index in [9.17, 15) is 8.42 Å². The van der Waals surface area contributed by atoms with E-state index in [4.69, 9.17) is 11.6 Å². The second-order valence-corrected chi connectivity index (χ2v) is 6.87. The molecule has 8 heteroatoms. The van der Waals surface area contributed by atoms with Crippen LogP contribution in [0.15, 0.2) is 29.3 Å². The molecule has 2 aromatic rings. The lowest BCUT2D eigenvalue weighted by Crippen LogP contribution is -2.25. The molecule has 0 aliphatic carbocycles. The second kappa shape index (κ2) is 6.55. The van der Waals surface area contributed by atoms with Crippen molar-refractivity contribution in [2.45, 2.75) is 31.7 Å². The molecule has 0 atom stereocenters. The molecule has 0 unspecified atom stereocenters. The highest BCUT2D eigenvalue weighted by Gasteiger charge is 2.13. The Hall–Kier alpha value is -1.44. The first-order valence-electron chi connectivity index (χ1n) is 6.51. The van der Waals surface area contributed by atoms with E-state index in [-0.39, 0.29) is 10.0 Å². The van der Waals surface area contributed by atoms with Crippen molar-refractivity contribution < 1.29 is 8.42 Å². The summed E-state index contributed by atoms with van der Waals surface area (Å²) in [4.78, 5) is 3.88. The van der Waals surface area contributed by atoms with Gasteiger partial charge in [0.2, 0.25) is 10.0 Å². The van der Waals surface area contributed by atoms with E-state index in [2.05, 4.69) is 14.8 Å². The van der Waals surface area contributed by atoms with Crippen molar-refractivity contribution in [1.82, 2.24) is 19.5 Å². The van der Waals surface area contributed by atoms with Gasteiger partial charge in [0.25, 0.3) is 0 Å². The van der Waals surface area contributed by atoms with Crippen LogP contribution in [0.1, 0.15) is 17.8 Å². The van der Waals surface area contributed by atoms with E-state index in [0.29, 0.717) is 19.5 Å². The van der Waals surface area contributed by atoms with E-state index in [1.807, 2.05) is 24.6 Å². The molecule has 0 saturated heterocycles. The minimum Gasteiger partial charge on any atom is -0.270 e. The third-order valence-corrected chi connectivity index (χ3v) is 4.62. The molecular formula is C13H17ClN4O2S. The highest BCUT2D eigenvalue weighted by Crippen LogP contribution is 2.12. The standard InChI is InChI=1S/C13H17ClN4O2S/c1-10-8-11(2)18(17-10)7-3-5-16-21(19,20)12-4-6-15-13(14)9-12/h4,6,8-9,16H,3,5,7H2,1-2H3. The van der Waals surface area contributed by atoms with Crippen molar-refractivity contribution in [3.8, 4) is 0 Å². The Morgan fingerprint density at radius 1 is 1.33 bits per heavy atom. The first-order chi connectivity index (χ1) is 9.88. The summed E-state index contributed by atoms with van der Waals surface area (Å²) in [7, 11) is -3.55.